The van der Waals surface area contributed by atoms with Gasteiger partial charge in [0.15, 0.2) is 0 Å². The zero-order chi connectivity index (χ0) is 13.3. The monoisotopic (exact) mass is 242 g/mol. The summed E-state index contributed by atoms with van der Waals surface area (Å²) >= 11 is 0. The van der Waals surface area contributed by atoms with E-state index < -0.39 is 0 Å². The summed E-state index contributed by atoms with van der Waals surface area (Å²) in [6, 6.07) is 6.02. The molecule has 0 unspecified atom stereocenters. The van der Waals surface area contributed by atoms with E-state index in [4.69, 9.17) is 0 Å². The lowest BCUT2D eigenvalue weighted by Gasteiger charge is -2.12. The van der Waals surface area contributed by atoms with Gasteiger partial charge in [0, 0.05) is 18.6 Å². The summed E-state index contributed by atoms with van der Waals surface area (Å²) in [6.07, 6.45) is 1.78. The molecule has 1 heterocycles. The van der Waals surface area contributed by atoms with Crippen molar-refractivity contribution in [2.45, 2.75) is 26.7 Å². The highest BCUT2D eigenvalue weighted by Crippen LogP contribution is 2.27. The standard InChI is InChI=1S/C15H18N2O/c1-9(2)11-5-6-17-14-12(11)7-10(3)8-13(14)15(18)16-4/h5-9H,1-4H3,(H,16,18). The molecule has 1 N–H and O–H groups in total. The first kappa shape index (κ1) is 12.6. The summed E-state index contributed by atoms with van der Waals surface area (Å²) < 4.78 is 0. The van der Waals surface area contributed by atoms with E-state index >= 15 is 0 Å². The quantitative estimate of drug-likeness (QED) is 0.879. The third-order valence-electron chi connectivity index (χ3n) is 3.12. The average molecular weight is 242 g/mol. The number of aryl methyl sites for hydroxylation is 1. The number of fused-ring (bicyclic) bond motifs is 1. The number of carbonyl (C=O) groups excluding carboxylic acids is 1. The topological polar surface area (TPSA) is 42.0 Å². The Kier molecular flexibility index (Phi) is 3.32. The maximum atomic E-state index is 11.9. The largest absolute Gasteiger partial charge is 0.355 e. The number of rotatable bonds is 2. The van der Waals surface area contributed by atoms with Crippen LogP contribution in [0.5, 0.6) is 0 Å². The number of nitrogens with zero attached hydrogens (tertiary/aromatic N) is 1. The first-order chi connectivity index (χ1) is 8.54. The van der Waals surface area contributed by atoms with Crippen molar-refractivity contribution in [2.24, 2.45) is 0 Å². The van der Waals surface area contributed by atoms with Crippen LogP contribution in [0.25, 0.3) is 10.9 Å². The van der Waals surface area contributed by atoms with Gasteiger partial charge in [-0.25, -0.2) is 0 Å². The zero-order valence-corrected chi connectivity index (χ0v) is 11.2. The van der Waals surface area contributed by atoms with E-state index in [0.717, 1.165) is 16.5 Å². The zero-order valence-electron chi connectivity index (χ0n) is 11.2. The highest BCUT2D eigenvalue weighted by Gasteiger charge is 2.14. The van der Waals surface area contributed by atoms with Crippen LogP contribution in [0.4, 0.5) is 0 Å². The Morgan fingerprint density at radius 3 is 2.67 bits per heavy atom. The van der Waals surface area contributed by atoms with Gasteiger partial charge in [-0.05, 0) is 42.2 Å². The van der Waals surface area contributed by atoms with Crippen molar-refractivity contribution >= 4 is 16.8 Å². The number of pyridine rings is 1. The normalized spacial score (nSPS) is 10.9. The SMILES string of the molecule is CNC(=O)c1cc(C)cc2c(C(C)C)ccnc12. The van der Waals surface area contributed by atoms with Crippen LogP contribution in [0.2, 0.25) is 0 Å². The number of nitrogens with one attached hydrogen (secondary N) is 1. The van der Waals surface area contributed by atoms with E-state index in [1.165, 1.54) is 5.56 Å². The van der Waals surface area contributed by atoms with Crippen LogP contribution in [0.15, 0.2) is 24.4 Å². The molecule has 94 valence electrons. The Morgan fingerprint density at radius 1 is 1.33 bits per heavy atom. The minimum Gasteiger partial charge on any atom is -0.355 e. The third kappa shape index (κ3) is 2.08. The van der Waals surface area contributed by atoms with Crippen LogP contribution in [-0.2, 0) is 0 Å². The van der Waals surface area contributed by atoms with E-state index in [0.29, 0.717) is 11.5 Å². The molecule has 0 aliphatic heterocycles. The summed E-state index contributed by atoms with van der Waals surface area (Å²) in [5.74, 6) is 0.326. The van der Waals surface area contributed by atoms with Gasteiger partial charge in [-0.2, -0.15) is 0 Å². The van der Waals surface area contributed by atoms with Crippen LogP contribution in [0, 0.1) is 6.92 Å². The predicted molar refractivity (Wildman–Crippen MR) is 74.0 cm³/mol. The van der Waals surface area contributed by atoms with E-state index in [1.807, 2.05) is 19.1 Å². The molecule has 1 amide bonds. The second-order valence-corrected chi connectivity index (χ2v) is 4.84. The molecule has 1 aromatic carbocycles. The Hall–Kier alpha value is -1.90. The Bertz CT molecular complexity index is 603. The van der Waals surface area contributed by atoms with Crippen molar-refractivity contribution in [1.82, 2.24) is 10.3 Å². The first-order valence-corrected chi connectivity index (χ1v) is 6.16. The van der Waals surface area contributed by atoms with Crippen molar-refractivity contribution in [1.29, 1.82) is 0 Å². The molecule has 18 heavy (non-hydrogen) atoms. The van der Waals surface area contributed by atoms with Gasteiger partial charge >= 0.3 is 0 Å². The molecule has 0 aliphatic carbocycles. The summed E-state index contributed by atoms with van der Waals surface area (Å²) in [5.41, 5.74) is 3.74. The lowest BCUT2D eigenvalue weighted by Crippen LogP contribution is -2.18. The minimum absolute atomic E-state index is 0.0860. The fourth-order valence-electron chi connectivity index (χ4n) is 2.23. The lowest BCUT2D eigenvalue weighted by atomic mass is 9.95. The lowest BCUT2D eigenvalue weighted by molar-refractivity contribution is 0.0964. The number of amides is 1. The van der Waals surface area contributed by atoms with Crippen molar-refractivity contribution in [3.8, 4) is 0 Å². The van der Waals surface area contributed by atoms with Crippen molar-refractivity contribution in [3.05, 3.63) is 41.1 Å². The first-order valence-electron chi connectivity index (χ1n) is 6.16. The molecular formula is C15H18N2O. The second-order valence-electron chi connectivity index (χ2n) is 4.84. The Morgan fingerprint density at radius 2 is 2.06 bits per heavy atom. The molecule has 0 fully saturated rings. The molecule has 0 spiro atoms. The van der Waals surface area contributed by atoms with Gasteiger partial charge < -0.3 is 5.32 Å². The second kappa shape index (κ2) is 4.77. The van der Waals surface area contributed by atoms with Crippen molar-refractivity contribution < 1.29 is 4.79 Å². The van der Waals surface area contributed by atoms with Crippen LogP contribution >= 0.6 is 0 Å². The Balaban J connectivity index is 2.82. The van der Waals surface area contributed by atoms with Gasteiger partial charge in [-0.15, -0.1) is 0 Å². The molecule has 0 saturated carbocycles. The average Bonchev–Trinajstić information content (AvgIpc) is 2.35. The number of hydrogen-bond acceptors (Lipinski definition) is 2. The Labute approximate surface area is 107 Å². The van der Waals surface area contributed by atoms with Crippen LogP contribution in [0.1, 0.15) is 41.3 Å². The molecule has 0 bridgehead atoms. The van der Waals surface area contributed by atoms with Crippen molar-refractivity contribution in [2.75, 3.05) is 7.05 Å². The van der Waals surface area contributed by atoms with Gasteiger partial charge in [0.25, 0.3) is 5.91 Å². The third-order valence-corrected chi connectivity index (χ3v) is 3.12. The van der Waals surface area contributed by atoms with Crippen molar-refractivity contribution in [3.63, 3.8) is 0 Å². The maximum absolute atomic E-state index is 11.9. The smallest absolute Gasteiger partial charge is 0.253 e. The van der Waals surface area contributed by atoms with E-state index in [-0.39, 0.29) is 5.91 Å². The molecule has 0 radical (unpaired) electrons. The van der Waals surface area contributed by atoms with Crippen LogP contribution in [0.3, 0.4) is 0 Å². The molecule has 0 saturated heterocycles. The molecule has 3 heteroatoms. The molecule has 1 aromatic heterocycles. The number of aromatic nitrogens is 1. The number of benzene rings is 1. The number of hydrogen-bond donors (Lipinski definition) is 1. The van der Waals surface area contributed by atoms with Gasteiger partial charge in [-0.1, -0.05) is 13.8 Å². The highest BCUT2D eigenvalue weighted by atomic mass is 16.1. The summed E-state index contributed by atoms with van der Waals surface area (Å²) in [5, 5.41) is 3.75. The van der Waals surface area contributed by atoms with E-state index in [9.17, 15) is 4.79 Å². The molecule has 0 aliphatic rings. The summed E-state index contributed by atoms with van der Waals surface area (Å²) in [7, 11) is 1.64. The molecule has 2 rings (SSSR count). The molecule has 0 atom stereocenters. The summed E-state index contributed by atoms with van der Waals surface area (Å²) in [6.45, 7) is 6.30. The fraction of sp³-hybridized carbons (Fsp3) is 0.333. The molecule has 2 aromatic rings. The maximum Gasteiger partial charge on any atom is 0.253 e. The van der Waals surface area contributed by atoms with E-state index in [2.05, 4.69) is 30.2 Å². The highest BCUT2D eigenvalue weighted by molar-refractivity contribution is 6.06. The summed E-state index contributed by atoms with van der Waals surface area (Å²) in [4.78, 5) is 16.3. The van der Waals surface area contributed by atoms with Gasteiger partial charge in [-0.3, -0.25) is 9.78 Å². The molecular weight excluding hydrogens is 224 g/mol. The van der Waals surface area contributed by atoms with Crippen LogP contribution < -0.4 is 5.32 Å². The fourth-order valence-corrected chi connectivity index (χ4v) is 2.23. The van der Waals surface area contributed by atoms with Gasteiger partial charge in [0.2, 0.25) is 0 Å². The predicted octanol–water partition coefficient (Wildman–Crippen LogP) is 3.03. The van der Waals surface area contributed by atoms with Gasteiger partial charge in [0.05, 0.1) is 11.1 Å². The number of carbonyl (C=O) groups is 1. The van der Waals surface area contributed by atoms with E-state index in [1.54, 1.807) is 13.2 Å². The molecule has 3 nitrogen and oxygen atoms in total. The minimum atomic E-state index is -0.0860. The van der Waals surface area contributed by atoms with Gasteiger partial charge in [0.1, 0.15) is 0 Å². The van der Waals surface area contributed by atoms with Crippen LogP contribution in [-0.4, -0.2) is 17.9 Å².